The second-order valence-corrected chi connectivity index (χ2v) is 9.78. The molecule has 1 fully saturated rings. The summed E-state index contributed by atoms with van der Waals surface area (Å²) < 4.78 is 0.756. The van der Waals surface area contributed by atoms with Crippen molar-refractivity contribution < 1.29 is 9.59 Å². The molecule has 1 aliphatic rings. The van der Waals surface area contributed by atoms with E-state index in [1.807, 2.05) is 29.2 Å². The van der Waals surface area contributed by atoms with E-state index in [1.54, 1.807) is 18.2 Å². The molecule has 0 bridgehead atoms. The highest BCUT2D eigenvalue weighted by molar-refractivity contribution is 9.10. The average Bonchev–Trinajstić information content (AvgIpc) is 2.75. The van der Waals surface area contributed by atoms with Gasteiger partial charge in [0.1, 0.15) is 0 Å². The van der Waals surface area contributed by atoms with Gasteiger partial charge in [-0.2, -0.15) is 0 Å². The number of carbonyl (C=O) groups is 2. The molecule has 0 saturated carbocycles. The number of piperazine rings is 1. The van der Waals surface area contributed by atoms with Gasteiger partial charge in [-0.1, -0.05) is 41.4 Å². The number of anilines is 2. The predicted molar refractivity (Wildman–Crippen MR) is 138 cm³/mol. The van der Waals surface area contributed by atoms with Gasteiger partial charge in [0, 0.05) is 48.4 Å². The Morgan fingerprint density at radius 1 is 1.09 bits per heavy atom. The van der Waals surface area contributed by atoms with Gasteiger partial charge in [0.15, 0.2) is 5.11 Å². The summed E-state index contributed by atoms with van der Waals surface area (Å²) >= 11 is 14.7. The number of carbonyl (C=O) groups excluding carboxylic acids is 2. The molecule has 1 saturated heterocycles. The molecule has 0 atom stereocenters. The lowest BCUT2D eigenvalue weighted by molar-refractivity contribution is -0.132. The number of thiocarbonyl (C=S) groups is 1. The van der Waals surface area contributed by atoms with Crippen molar-refractivity contribution in [2.24, 2.45) is 5.92 Å². The maximum absolute atomic E-state index is 12.4. The number of halogens is 2. The Hall–Kier alpha value is -2.16. The maximum Gasteiger partial charge on any atom is 0.258 e. The largest absolute Gasteiger partial charge is 0.368 e. The molecule has 9 heteroatoms. The van der Waals surface area contributed by atoms with Gasteiger partial charge < -0.3 is 15.1 Å². The number of amides is 2. The molecule has 0 spiro atoms. The summed E-state index contributed by atoms with van der Waals surface area (Å²) in [6.07, 6.45) is 0.602. The number of hydrogen-bond donors (Lipinski definition) is 2. The van der Waals surface area contributed by atoms with E-state index in [2.05, 4.69) is 45.3 Å². The highest BCUT2D eigenvalue weighted by Gasteiger charge is 2.21. The zero-order chi connectivity index (χ0) is 23.3. The Morgan fingerprint density at radius 3 is 2.38 bits per heavy atom. The molecule has 0 radical (unpaired) electrons. The molecule has 6 nitrogen and oxygen atoms in total. The summed E-state index contributed by atoms with van der Waals surface area (Å²) in [5.74, 6) is 0.234. The fraction of sp³-hybridized carbons (Fsp3) is 0.348. The number of nitrogens with zero attached hydrogens (tertiary/aromatic N) is 2. The molecule has 0 aliphatic carbocycles. The van der Waals surface area contributed by atoms with Crippen molar-refractivity contribution in [2.75, 3.05) is 36.4 Å². The van der Waals surface area contributed by atoms with Crippen molar-refractivity contribution in [3.05, 3.63) is 57.5 Å². The van der Waals surface area contributed by atoms with Crippen LogP contribution in [0.5, 0.6) is 0 Å². The Kier molecular flexibility index (Phi) is 8.51. The molecule has 0 aromatic heterocycles. The Bertz CT molecular complexity index is 992. The Labute approximate surface area is 207 Å². The summed E-state index contributed by atoms with van der Waals surface area (Å²) in [6.45, 7) is 7.21. The van der Waals surface area contributed by atoms with Crippen LogP contribution >= 0.6 is 39.7 Å². The first kappa shape index (κ1) is 24.5. The lowest BCUT2D eigenvalue weighted by Gasteiger charge is -2.36. The van der Waals surface area contributed by atoms with Gasteiger partial charge in [0.25, 0.3) is 5.91 Å². The summed E-state index contributed by atoms with van der Waals surface area (Å²) in [6, 6.07) is 12.9. The second-order valence-electron chi connectivity index (χ2n) is 8.05. The molecule has 2 aromatic rings. The quantitative estimate of drug-likeness (QED) is 0.530. The van der Waals surface area contributed by atoms with Crippen molar-refractivity contribution >= 4 is 68.1 Å². The normalized spacial score (nSPS) is 13.8. The third kappa shape index (κ3) is 6.67. The highest BCUT2D eigenvalue weighted by atomic mass is 79.9. The van der Waals surface area contributed by atoms with Gasteiger partial charge in [0.2, 0.25) is 5.91 Å². The second kappa shape index (κ2) is 11.1. The molecular weight excluding hydrogens is 512 g/mol. The summed E-state index contributed by atoms with van der Waals surface area (Å²) in [5.41, 5.74) is 2.19. The third-order valence-electron chi connectivity index (χ3n) is 5.11. The van der Waals surface area contributed by atoms with Crippen LogP contribution in [0.4, 0.5) is 11.4 Å². The Balaban J connectivity index is 1.51. The van der Waals surface area contributed by atoms with Gasteiger partial charge in [-0.3, -0.25) is 14.9 Å². The van der Waals surface area contributed by atoms with Crippen molar-refractivity contribution in [1.82, 2.24) is 10.2 Å². The van der Waals surface area contributed by atoms with Crippen LogP contribution in [0.2, 0.25) is 5.02 Å². The summed E-state index contributed by atoms with van der Waals surface area (Å²) in [5, 5.41) is 6.21. The van der Waals surface area contributed by atoms with Crippen molar-refractivity contribution in [2.45, 2.75) is 20.3 Å². The van der Waals surface area contributed by atoms with Gasteiger partial charge in [0.05, 0.1) is 10.6 Å². The SMILES string of the molecule is CC(C)CC(=O)N1CCN(c2ccc(NC(=S)NC(=O)c3cc(Br)ccc3Cl)cc2)CC1. The molecule has 0 unspecified atom stereocenters. The van der Waals surface area contributed by atoms with Crippen LogP contribution in [0, 0.1) is 5.92 Å². The van der Waals surface area contributed by atoms with Crippen LogP contribution in [0.3, 0.4) is 0 Å². The maximum atomic E-state index is 12.4. The molecule has 1 heterocycles. The molecule has 2 aromatic carbocycles. The van der Waals surface area contributed by atoms with Gasteiger partial charge in [-0.25, -0.2) is 0 Å². The van der Waals surface area contributed by atoms with Crippen molar-refractivity contribution in [1.29, 1.82) is 0 Å². The van der Waals surface area contributed by atoms with Crippen LogP contribution in [0.15, 0.2) is 46.9 Å². The Morgan fingerprint density at radius 2 is 1.75 bits per heavy atom. The zero-order valence-electron chi connectivity index (χ0n) is 18.0. The molecule has 3 rings (SSSR count). The van der Waals surface area contributed by atoms with E-state index in [0.29, 0.717) is 22.9 Å². The number of hydrogen-bond acceptors (Lipinski definition) is 4. The van der Waals surface area contributed by atoms with E-state index in [-0.39, 0.29) is 16.9 Å². The average molecular weight is 538 g/mol. The lowest BCUT2D eigenvalue weighted by Crippen LogP contribution is -2.49. The van der Waals surface area contributed by atoms with E-state index in [0.717, 1.165) is 42.0 Å². The van der Waals surface area contributed by atoms with E-state index in [9.17, 15) is 9.59 Å². The van der Waals surface area contributed by atoms with Crippen LogP contribution in [-0.2, 0) is 4.79 Å². The molecule has 2 N–H and O–H groups in total. The smallest absolute Gasteiger partial charge is 0.258 e. The van der Waals surface area contributed by atoms with Crippen LogP contribution in [0.25, 0.3) is 0 Å². The molecular formula is C23H26BrClN4O2S. The molecule has 170 valence electrons. The predicted octanol–water partition coefficient (Wildman–Crippen LogP) is 4.92. The minimum absolute atomic E-state index is 0.191. The van der Waals surface area contributed by atoms with Crippen molar-refractivity contribution in [3.63, 3.8) is 0 Å². The summed E-state index contributed by atoms with van der Waals surface area (Å²) in [4.78, 5) is 28.9. The topological polar surface area (TPSA) is 64.7 Å². The van der Waals surface area contributed by atoms with Gasteiger partial charge in [-0.05, 0) is 60.6 Å². The zero-order valence-corrected chi connectivity index (χ0v) is 21.2. The standard InChI is InChI=1S/C23H26BrClN4O2S/c1-15(2)13-21(30)29-11-9-28(10-12-29)18-6-4-17(5-7-18)26-23(32)27-22(31)19-14-16(24)3-8-20(19)25/h3-8,14-15H,9-13H2,1-2H3,(H2,26,27,31,32). The highest BCUT2D eigenvalue weighted by Crippen LogP contribution is 2.22. The van der Waals surface area contributed by atoms with Crippen molar-refractivity contribution in [3.8, 4) is 0 Å². The minimum atomic E-state index is -0.379. The van der Waals surface area contributed by atoms with E-state index < -0.39 is 0 Å². The molecule has 1 aliphatic heterocycles. The van der Waals surface area contributed by atoms with E-state index in [4.69, 9.17) is 23.8 Å². The minimum Gasteiger partial charge on any atom is -0.368 e. The summed E-state index contributed by atoms with van der Waals surface area (Å²) in [7, 11) is 0. The van der Waals surface area contributed by atoms with Crippen LogP contribution < -0.4 is 15.5 Å². The number of nitrogens with one attached hydrogen (secondary N) is 2. The monoisotopic (exact) mass is 536 g/mol. The number of rotatable bonds is 5. The fourth-order valence-electron chi connectivity index (χ4n) is 3.45. The van der Waals surface area contributed by atoms with Crippen LogP contribution in [0.1, 0.15) is 30.6 Å². The van der Waals surface area contributed by atoms with E-state index in [1.165, 1.54) is 0 Å². The number of benzene rings is 2. The first-order chi connectivity index (χ1) is 15.2. The fourth-order valence-corrected chi connectivity index (χ4v) is 4.23. The van der Waals surface area contributed by atoms with Crippen LogP contribution in [-0.4, -0.2) is 48.0 Å². The first-order valence-electron chi connectivity index (χ1n) is 10.4. The van der Waals surface area contributed by atoms with Gasteiger partial charge >= 0.3 is 0 Å². The first-order valence-corrected chi connectivity index (χ1v) is 12.0. The lowest BCUT2D eigenvalue weighted by atomic mass is 10.1. The van der Waals surface area contributed by atoms with E-state index >= 15 is 0 Å². The third-order valence-corrected chi connectivity index (χ3v) is 6.13. The molecule has 2 amide bonds. The van der Waals surface area contributed by atoms with Gasteiger partial charge in [-0.15, -0.1) is 0 Å². The molecule has 32 heavy (non-hydrogen) atoms.